The van der Waals surface area contributed by atoms with E-state index >= 15 is 0 Å². The molecular formula is C11H22O3. The fraction of sp³-hybridized carbons (Fsp3) is 0.818. The van der Waals surface area contributed by atoms with Gasteiger partial charge in [-0.25, -0.2) is 0 Å². The first-order chi connectivity index (χ1) is 6.77. The first kappa shape index (κ1) is 13.6. The molecule has 0 aromatic carbocycles. The molecule has 0 amide bonds. The van der Waals surface area contributed by atoms with Crippen molar-refractivity contribution in [3.8, 4) is 0 Å². The predicted molar refractivity (Wildman–Crippen MR) is 57.6 cm³/mol. The maximum absolute atomic E-state index is 5.35. The number of unbranched alkanes of at least 4 members (excludes halogenated alkanes) is 1. The van der Waals surface area contributed by atoms with Gasteiger partial charge < -0.3 is 14.2 Å². The van der Waals surface area contributed by atoms with Crippen LogP contribution in [0.3, 0.4) is 0 Å². The maximum atomic E-state index is 5.35. The smallest absolute Gasteiger partial charge is 0.0704 e. The zero-order chi connectivity index (χ0) is 10.6. The van der Waals surface area contributed by atoms with Crippen LogP contribution in [-0.2, 0) is 14.2 Å². The molecule has 0 rings (SSSR count). The van der Waals surface area contributed by atoms with Crippen molar-refractivity contribution in [3.05, 3.63) is 12.2 Å². The lowest BCUT2D eigenvalue weighted by Gasteiger charge is -2.05. The van der Waals surface area contributed by atoms with Gasteiger partial charge in [-0.15, -0.1) is 0 Å². The Kier molecular flexibility index (Phi) is 10.4. The third-order valence-electron chi connectivity index (χ3n) is 1.61. The highest BCUT2D eigenvalue weighted by Gasteiger charge is 1.91. The van der Waals surface area contributed by atoms with E-state index in [4.69, 9.17) is 14.2 Å². The molecule has 84 valence electrons. The molecule has 0 aliphatic carbocycles. The van der Waals surface area contributed by atoms with Gasteiger partial charge in [-0.05, 0) is 19.8 Å². The molecule has 14 heavy (non-hydrogen) atoms. The first-order valence-electron chi connectivity index (χ1n) is 5.06. The van der Waals surface area contributed by atoms with E-state index in [2.05, 4.69) is 6.58 Å². The average Bonchev–Trinajstić information content (AvgIpc) is 2.15. The molecule has 0 heterocycles. The zero-order valence-corrected chi connectivity index (χ0v) is 9.38. The van der Waals surface area contributed by atoms with Crippen LogP contribution in [0.25, 0.3) is 0 Å². The van der Waals surface area contributed by atoms with Gasteiger partial charge in [0.05, 0.1) is 19.8 Å². The van der Waals surface area contributed by atoms with E-state index in [1.54, 1.807) is 7.11 Å². The molecule has 0 unspecified atom stereocenters. The normalized spacial score (nSPS) is 10.4. The topological polar surface area (TPSA) is 27.7 Å². The molecule has 0 N–H and O–H groups in total. The largest absolute Gasteiger partial charge is 0.385 e. The van der Waals surface area contributed by atoms with Gasteiger partial charge in [0.1, 0.15) is 0 Å². The van der Waals surface area contributed by atoms with Crippen molar-refractivity contribution in [1.82, 2.24) is 0 Å². The molecule has 0 saturated carbocycles. The van der Waals surface area contributed by atoms with E-state index in [-0.39, 0.29) is 0 Å². The summed E-state index contributed by atoms with van der Waals surface area (Å²) in [5.41, 5.74) is 1.05. The minimum absolute atomic E-state index is 0.632. The summed E-state index contributed by atoms with van der Waals surface area (Å²) in [6.07, 6.45) is 2.11. The van der Waals surface area contributed by atoms with Gasteiger partial charge in [0.2, 0.25) is 0 Å². The quantitative estimate of drug-likeness (QED) is 0.401. The molecule has 0 fully saturated rings. The van der Waals surface area contributed by atoms with Crippen LogP contribution in [0.4, 0.5) is 0 Å². The highest BCUT2D eigenvalue weighted by atomic mass is 16.5. The summed E-state index contributed by atoms with van der Waals surface area (Å²) in [4.78, 5) is 0. The van der Waals surface area contributed by atoms with E-state index < -0.39 is 0 Å². The van der Waals surface area contributed by atoms with E-state index in [1.165, 1.54) is 0 Å². The van der Waals surface area contributed by atoms with Crippen molar-refractivity contribution < 1.29 is 14.2 Å². The standard InChI is InChI=1S/C11H22O3/c1-11(2)10-14-9-8-13-7-5-4-6-12-3/h1,4-10H2,2-3H3. The Hall–Kier alpha value is -0.380. The van der Waals surface area contributed by atoms with E-state index in [9.17, 15) is 0 Å². The maximum Gasteiger partial charge on any atom is 0.0704 e. The van der Waals surface area contributed by atoms with Crippen LogP contribution in [0, 0.1) is 0 Å². The van der Waals surface area contributed by atoms with Crippen LogP contribution < -0.4 is 0 Å². The van der Waals surface area contributed by atoms with Crippen LogP contribution >= 0.6 is 0 Å². The summed E-state index contributed by atoms with van der Waals surface area (Å²) in [6.45, 7) is 9.25. The zero-order valence-electron chi connectivity index (χ0n) is 9.38. The van der Waals surface area contributed by atoms with Crippen molar-refractivity contribution in [2.24, 2.45) is 0 Å². The van der Waals surface area contributed by atoms with Gasteiger partial charge in [-0.3, -0.25) is 0 Å². The lowest BCUT2D eigenvalue weighted by Crippen LogP contribution is -2.06. The monoisotopic (exact) mass is 202 g/mol. The number of methoxy groups -OCH3 is 1. The Morgan fingerprint density at radius 1 is 1.00 bits per heavy atom. The fourth-order valence-corrected chi connectivity index (χ4v) is 0.917. The fourth-order valence-electron chi connectivity index (χ4n) is 0.917. The number of rotatable bonds is 10. The summed E-state index contributed by atoms with van der Waals surface area (Å²) in [5, 5.41) is 0. The number of hydrogen-bond donors (Lipinski definition) is 0. The Bertz CT molecular complexity index is 134. The molecule has 0 aromatic rings. The molecule has 0 spiro atoms. The van der Waals surface area contributed by atoms with Gasteiger partial charge in [0, 0.05) is 20.3 Å². The summed E-state index contributed by atoms with van der Waals surface area (Å²) < 4.78 is 15.5. The van der Waals surface area contributed by atoms with Crippen molar-refractivity contribution in [2.45, 2.75) is 19.8 Å². The molecular weight excluding hydrogens is 180 g/mol. The van der Waals surface area contributed by atoms with Crippen LogP contribution in [0.2, 0.25) is 0 Å². The molecule has 0 bridgehead atoms. The molecule has 0 aliphatic rings. The third kappa shape index (κ3) is 11.6. The third-order valence-corrected chi connectivity index (χ3v) is 1.61. The Balaban J connectivity index is 2.88. The second-order valence-corrected chi connectivity index (χ2v) is 3.32. The lowest BCUT2D eigenvalue weighted by atomic mass is 10.3. The Morgan fingerprint density at radius 2 is 1.64 bits per heavy atom. The van der Waals surface area contributed by atoms with Crippen LogP contribution in [0.15, 0.2) is 12.2 Å². The summed E-state index contributed by atoms with van der Waals surface area (Å²) >= 11 is 0. The first-order valence-corrected chi connectivity index (χ1v) is 5.06. The highest BCUT2D eigenvalue weighted by Crippen LogP contribution is 1.91. The second-order valence-electron chi connectivity index (χ2n) is 3.32. The molecule has 0 saturated heterocycles. The minimum Gasteiger partial charge on any atom is -0.385 e. The number of hydrogen-bond acceptors (Lipinski definition) is 3. The van der Waals surface area contributed by atoms with Crippen LogP contribution in [-0.4, -0.2) is 40.1 Å². The van der Waals surface area contributed by atoms with Crippen molar-refractivity contribution >= 4 is 0 Å². The summed E-state index contributed by atoms with van der Waals surface area (Å²) in [7, 11) is 1.71. The van der Waals surface area contributed by atoms with Gasteiger partial charge in [-0.1, -0.05) is 12.2 Å². The Morgan fingerprint density at radius 3 is 2.29 bits per heavy atom. The van der Waals surface area contributed by atoms with Crippen molar-refractivity contribution in [1.29, 1.82) is 0 Å². The Labute approximate surface area is 87.0 Å². The highest BCUT2D eigenvalue weighted by molar-refractivity contribution is 4.87. The molecule has 3 heteroatoms. The van der Waals surface area contributed by atoms with Crippen molar-refractivity contribution in [3.63, 3.8) is 0 Å². The van der Waals surface area contributed by atoms with Crippen LogP contribution in [0.1, 0.15) is 19.8 Å². The molecule has 0 radical (unpaired) electrons. The molecule has 0 aliphatic heterocycles. The minimum atomic E-state index is 0.632. The van der Waals surface area contributed by atoms with Gasteiger partial charge in [-0.2, -0.15) is 0 Å². The van der Waals surface area contributed by atoms with Gasteiger partial charge in [0.25, 0.3) is 0 Å². The van der Waals surface area contributed by atoms with Gasteiger partial charge >= 0.3 is 0 Å². The average molecular weight is 202 g/mol. The van der Waals surface area contributed by atoms with E-state index in [1.807, 2.05) is 6.92 Å². The molecule has 3 nitrogen and oxygen atoms in total. The second kappa shape index (κ2) is 10.7. The summed E-state index contributed by atoms with van der Waals surface area (Å²) in [5.74, 6) is 0. The lowest BCUT2D eigenvalue weighted by molar-refractivity contribution is 0.0525. The SMILES string of the molecule is C=C(C)COCCOCCCCOC. The van der Waals surface area contributed by atoms with E-state index in [0.29, 0.717) is 19.8 Å². The van der Waals surface area contributed by atoms with E-state index in [0.717, 1.165) is 31.6 Å². The molecule has 0 atom stereocenters. The number of ether oxygens (including phenoxy) is 3. The van der Waals surface area contributed by atoms with Crippen molar-refractivity contribution in [2.75, 3.05) is 40.1 Å². The predicted octanol–water partition coefficient (Wildman–Crippen LogP) is 2.02. The van der Waals surface area contributed by atoms with Crippen LogP contribution in [0.5, 0.6) is 0 Å². The summed E-state index contributed by atoms with van der Waals surface area (Å²) in [6, 6.07) is 0. The van der Waals surface area contributed by atoms with Gasteiger partial charge in [0.15, 0.2) is 0 Å². The molecule has 0 aromatic heterocycles.